The zero-order valence-electron chi connectivity index (χ0n) is 12.8. The van der Waals surface area contributed by atoms with Crippen LogP contribution in [0.5, 0.6) is 5.75 Å². The summed E-state index contributed by atoms with van der Waals surface area (Å²) in [6.07, 6.45) is 7.22. The van der Waals surface area contributed by atoms with Gasteiger partial charge in [-0.2, -0.15) is 11.8 Å². The Kier molecular flexibility index (Phi) is 6.71. The van der Waals surface area contributed by atoms with E-state index in [-0.39, 0.29) is 0 Å². The highest BCUT2D eigenvalue weighted by Crippen LogP contribution is 2.23. The molecule has 0 spiro atoms. The highest BCUT2D eigenvalue weighted by molar-refractivity contribution is 7.98. The molecule has 0 radical (unpaired) electrons. The number of nitrogens with zero attached hydrogens (tertiary/aromatic N) is 2. The molecule has 0 aliphatic rings. The van der Waals surface area contributed by atoms with Gasteiger partial charge in [-0.25, -0.2) is 4.98 Å². The molecule has 1 aromatic heterocycles. The second-order valence-corrected chi connectivity index (χ2v) is 6.33. The first-order chi connectivity index (χ1) is 10.3. The van der Waals surface area contributed by atoms with Crippen LogP contribution in [0.15, 0.2) is 18.2 Å². The number of thioether (sulfide) groups is 1. The fourth-order valence-electron chi connectivity index (χ4n) is 2.51. The van der Waals surface area contributed by atoms with Crippen LogP contribution in [0.2, 0.25) is 0 Å². The zero-order valence-corrected chi connectivity index (χ0v) is 14.3. The SMILES string of the molecule is COc1ccc2c(c1)nc(CCl)n2CCCCCCSC. The van der Waals surface area contributed by atoms with E-state index < -0.39 is 0 Å². The van der Waals surface area contributed by atoms with Crippen molar-refractivity contribution in [1.82, 2.24) is 9.55 Å². The van der Waals surface area contributed by atoms with Gasteiger partial charge in [-0.1, -0.05) is 12.8 Å². The van der Waals surface area contributed by atoms with Crippen molar-refractivity contribution < 1.29 is 4.74 Å². The lowest BCUT2D eigenvalue weighted by atomic mass is 10.2. The quantitative estimate of drug-likeness (QED) is 0.493. The maximum atomic E-state index is 6.04. The van der Waals surface area contributed by atoms with Crippen molar-refractivity contribution >= 4 is 34.4 Å². The number of imidazole rings is 1. The monoisotopic (exact) mass is 326 g/mol. The fourth-order valence-corrected chi connectivity index (χ4v) is 3.20. The molecule has 5 heteroatoms. The molecule has 0 fully saturated rings. The standard InChI is InChI=1S/C16H23ClN2OS/c1-20-13-7-8-15-14(11-13)18-16(12-17)19(15)9-5-3-4-6-10-21-2/h7-8,11H,3-6,9-10,12H2,1-2H3. The summed E-state index contributed by atoms with van der Waals surface area (Å²) in [5.74, 6) is 3.50. The van der Waals surface area contributed by atoms with E-state index in [1.165, 1.54) is 31.4 Å². The molecule has 0 atom stereocenters. The number of aryl methyl sites for hydroxylation is 1. The maximum absolute atomic E-state index is 6.04. The molecule has 0 bridgehead atoms. The van der Waals surface area contributed by atoms with Crippen molar-refractivity contribution in [1.29, 1.82) is 0 Å². The number of alkyl halides is 1. The van der Waals surface area contributed by atoms with Gasteiger partial charge in [0.1, 0.15) is 11.6 Å². The Balaban J connectivity index is 2.03. The van der Waals surface area contributed by atoms with E-state index in [0.29, 0.717) is 5.88 Å². The molecule has 116 valence electrons. The molecular weight excluding hydrogens is 304 g/mol. The Morgan fingerprint density at radius 2 is 2.05 bits per heavy atom. The average Bonchev–Trinajstić information content (AvgIpc) is 2.87. The van der Waals surface area contributed by atoms with Crippen LogP contribution >= 0.6 is 23.4 Å². The van der Waals surface area contributed by atoms with E-state index in [1.54, 1.807) is 7.11 Å². The van der Waals surface area contributed by atoms with Crippen LogP contribution in [-0.2, 0) is 12.4 Å². The minimum absolute atomic E-state index is 0.448. The third kappa shape index (κ3) is 4.30. The molecule has 0 saturated heterocycles. The van der Waals surface area contributed by atoms with Crippen molar-refractivity contribution in [3.63, 3.8) is 0 Å². The van der Waals surface area contributed by atoms with E-state index in [1.807, 2.05) is 23.9 Å². The predicted molar refractivity (Wildman–Crippen MR) is 92.7 cm³/mol. The molecule has 1 aromatic carbocycles. The van der Waals surface area contributed by atoms with Gasteiger partial charge in [0.25, 0.3) is 0 Å². The van der Waals surface area contributed by atoms with Crippen molar-refractivity contribution in [2.75, 3.05) is 19.1 Å². The first-order valence-electron chi connectivity index (χ1n) is 7.38. The summed E-state index contributed by atoms with van der Waals surface area (Å²) in [6, 6.07) is 6.03. The third-order valence-electron chi connectivity index (χ3n) is 3.63. The number of ether oxygens (including phenoxy) is 1. The number of hydrogen-bond acceptors (Lipinski definition) is 3. The van der Waals surface area contributed by atoms with E-state index in [4.69, 9.17) is 16.3 Å². The van der Waals surface area contributed by atoms with E-state index >= 15 is 0 Å². The summed E-state index contributed by atoms with van der Waals surface area (Å²) in [7, 11) is 1.68. The topological polar surface area (TPSA) is 27.1 Å². The predicted octanol–water partition coefficient (Wildman–Crippen LogP) is 4.71. The van der Waals surface area contributed by atoms with Crippen LogP contribution in [0.4, 0.5) is 0 Å². The van der Waals surface area contributed by atoms with Crippen LogP contribution in [-0.4, -0.2) is 28.7 Å². The number of aromatic nitrogens is 2. The van der Waals surface area contributed by atoms with Crippen molar-refractivity contribution in [3.8, 4) is 5.75 Å². The molecule has 1 heterocycles. The highest BCUT2D eigenvalue weighted by atomic mass is 35.5. The number of methoxy groups -OCH3 is 1. The summed E-state index contributed by atoms with van der Waals surface area (Å²) in [6.45, 7) is 0.990. The molecule has 0 unspecified atom stereocenters. The van der Waals surface area contributed by atoms with E-state index in [2.05, 4.69) is 21.9 Å². The maximum Gasteiger partial charge on any atom is 0.124 e. The highest BCUT2D eigenvalue weighted by Gasteiger charge is 2.10. The minimum Gasteiger partial charge on any atom is -0.497 e. The number of hydrogen-bond donors (Lipinski definition) is 0. The van der Waals surface area contributed by atoms with Crippen LogP contribution in [0.1, 0.15) is 31.5 Å². The second-order valence-electron chi connectivity index (χ2n) is 5.07. The van der Waals surface area contributed by atoms with Gasteiger partial charge in [-0.15, -0.1) is 11.6 Å². The number of halogens is 1. The molecular formula is C16H23ClN2OS. The number of unbranched alkanes of at least 4 members (excludes halogenated alkanes) is 3. The number of benzene rings is 1. The summed E-state index contributed by atoms with van der Waals surface area (Å²) < 4.78 is 7.50. The average molecular weight is 327 g/mol. The van der Waals surface area contributed by atoms with Gasteiger partial charge in [0, 0.05) is 12.6 Å². The molecule has 3 nitrogen and oxygen atoms in total. The Labute approximate surface area is 136 Å². The Hall–Kier alpha value is -0.870. The first kappa shape index (κ1) is 16.5. The second kappa shape index (κ2) is 8.54. The van der Waals surface area contributed by atoms with Gasteiger partial charge in [0.15, 0.2) is 0 Å². The minimum atomic E-state index is 0.448. The van der Waals surface area contributed by atoms with Crippen molar-refractivity contribution in [2.45, 2.75) is 38.1 Å². The van der Waals surface area contributed by atoms with Crippen molar-refractivity contribution in [3.05, 3.63) is 24.0 Å². The Bertz CT molecular complexity index is 571. The molecule has 0 aliphatic carbocycles. The summed E-state index contributed by atoms with van der Waals surface area (Å²) >= 11 is 7.97. The smallest absolute Gasteiger partial charge is 0.124 e. The molecule has 2 rings (SSSR count). The van der Waals surface area contributed by atoms with E-state index in [0.717, 1.165) is 29.2 Å². The van der Waals surface area contributed by atoms with Gasteiger partial charge in [0.05, 0.1) is 24.0 Å². The van der Waals surface area contributed by atoms with Crippen LogP contribution in [0.25, 0.3) is 11.0 Å². The summed E-state index contributed by atoms with van der Waals surface area (Å²) in [5.41, 5.74) is 2.11. The largest absolute Gasteiger partial charge is 0.497 e. The molecule has 2 aromatic rings. The molecule has 0 N–H and O–H groups in total. The zero-order chi connectivity index (χ0) is 15.1. The van der Waals surface area contributed by atoms with Gasteiger partial charge in [-0.05, 0) is 37.0 Å². The van der Waals surface area contributed by atoms with Gasteiger partial charge < -0.3 is 9.30 Å². The van der Waals surface area contributed by atoms with Crippen LogP contribution in [0, 0.1) is 0 Å². The van der Waals surface area contributed by atoms with Gasteiger partial charge in [0.2, 0.25) is 0 Å². The lowest BCUT2D eigenvalue weighted by molar-refractivity contribution is 0.415. The van der Waals surface area contributed by atoms with Gasteiger partial charge in [-0.3, -0.25) is 0 Å². The summed E-state index contributed by atoms with van der Waals surface area (Å²) in [4.78, 5) is 4.62. The number of rotatable bonds is 9. The Morgan fingerprint density at radius 1 is 1.24 bits per heavy atom. The van der Waals surface area contributed by atoms with Crippen molar-refractivity contribution in [2.24, 2.45) is 0 Å². The summed E-state index contributed by atoms with van der Waals surface area (Å²) in [5, 5.41) is 0. The molecule has 0 saturated carbocycles. The third-order valence-corrected chi connectivity index (χ3v) is 4.57. The van der Waals surface area contributed by atoms with E-state index in [9.17, 15) is 0 Å². The molecule has 0 amide bonds. The molecule has 21 heavy (non-hydrogen) atoms. The lowest BCUT2D eigenvalue weighted by Crippen LogP contribution is -2.02. The Morgan fingerprint density at radius 3 is 2.76 bits per heavy atom. The van der Waals surface area contributed by atoms with Crippen LogP contribution in [0.3, 0.4) is 0 Å². The lowest BCUT2D eigenvalue weighted by Gasteiger charge is -2.08. The first-order valence-corrected chi connectivity index (χ1v) is 9.31. The van der Waals surface area contributed by atoms with Gasteiger partial charge >= 0.3 is 0 Å². The fraction of sp³-hybridized carbons (Fsp3) is 0.562. The number of fused-ring (bicyclic) bond motifs is 1. The van der Waals surface area contributed by atoms with Crippen LogP contribution < -0.4 is 4.74 Å². The molecule has 0 aliphatic heterocycles. The normalized spacial score (nSPS) is 11.2.